The fourth-order valence-corrected chi connectivity index (χ4v) is 3.78. The van der Waals surface area contributed by atoms with Gasteiger partial charge in [-0.3, -0.25) is 15.0 Å². The summed E-state index contributed by atoms with van der Waals surface area (Å²) in [6, 6.07) is 6.54. The van der Waals surface area contributed by atoms with Crippen molar-refractivity contribution in [3.05, 3.63) is 70.0 Å². The minimum absolute atomic E-state index is 0.276. The van der Waals surface area contributed by atoms with E-state index in [0.717, 1.165) is 17.2 Å². The summed E-state index contributed by atoms with van der Waals surface area (Å²) < 4.78 is 53.0. The Morgan fingerprint density at radius 2 is 1.58 bits per heavy atom. The van der Waals surface area contributed by atoms with Crippen LogP contribution in [0.3, 0.4) is 0 Å². The first-order valence-corrected chi connectivity index (χ1v) is 10.7. The molecule has 0 aliphatic carbocycles. The van der Waals surface area contributed by atoms with Crippen LogP contribution in [0.2, 0.25) is 0 Å². The molecule has 0 aromatic heterocycles. The average Bonchev–Trinajstić information content (AvgIpc) is 2.67. The molecule has 33 heavy (non-hydrogen) atoms. The molecule has 0 aliphatic rings. The lowest BCUT2D eigenvalue weighted by Gasteiger charge is -2.40. The predicted octanol–water partition coefficient (Wildman–Crippen LogP) is 6.46. The maximum absolute atomic E-state index is 14.4. The van der Waals surface area contributed by atoms with Gasteiger partial charge < -0.3 is 0 Å². The smallest absolute Gasteiger partial charge is 0.267 e. The Hall–Kier alpha value is -2.90. The summed E-state index contributed by atoms with van der Waals surface area (Å²) in [5, 5.41) is 1.19. The molecule has 0 fully saturated rings. The highest BCUT2D eigenvalue weighted by atomic mass is 19.4. The van der Waals surface area contributed by atoms with E-state index in [1.807, 2.05) is 47.6 Å². The van der Waals surface area contributed by atoms with E-state index >= 15 is 0 Å². The monoisotopic (exact) mass is 466 g/mol. The van der Waals surface area contributed by atoms with Crippen LogP contribution in [0.5, 0.6) is 0 Å². The van der Waals surface area contributed by atoms with Crippen molar-refractivity contribution in [2.75, 3.05) is 0 Å². The molecule has 2 amide bonds. The Bertz CT molecular complexity index is 1010. The first kappa shape index (κ1) is 26.4. The molecule has 0 bridgehead atoms. The quantitative estimate of drug-likeness (QED) is 0.406. The van der Waals surface area contributed by atoms with Crippen LogP contribution in [-0.4, -0.2) is 22.9 Å². The van der Waals surface area contributed by atoms with Crippen molar-refractivity contribution in [2.24, 2.45) is 5.41 Å². The average molecular weight is 467 g/mol. The maximum atomic E-state index is 14.4. The lowest BCUT2D eigenvalue weighted by atomic mass is 9.83. The van der Waals surface area contributed by atoms with E-state index in [-0.39, 0.29) is 6.07 Å². The van der Waals surface area contributed by atoms with Gasteiger partial charge in [0.2, 0.25) is 0 Å². The first-order valence-electron chi connectivity index (χ1n) is 10.7. The van der Waals surface area contributed by atoms with Crippen molar-refractivity contribution >= 4 is 11.8 Å². The largest absolute Gasteiger partial charge is 0.416 e. The lowest BCUT2D eigenvalue weighted by molar-refractivity contribution is -0.137. The van der Waals surface area contributed by atoms with Gasteiger partial charge in [-0.2, -0.15) is 13.2 Å². The molecule has 2 rings (SSSR count). The Morgan fingerprint density at radius 3 is 2.03 bits per heavy atom. The molecule has 0 radical (unpaired) electrons. The number of rotatable bonds is 5. The summed E-state index contributed by atoms with van der Waals surface area (Å²) in [7, 11) is 0. The van der Waals surface area contributed by atoms with E-state index in [4.69, 9.17) is 0 Å². The summed E-state index contributed by atoms with van der Waals surface area (Å²) in [4.78, 5) is 26.4. The molecule has 8 heteroatoms. The molecule has 0 heterocycles. The van der Waals surface area contributed by atoms with Crippen LogP contribution in [0.15, 0.2) is 36.4 Å². The van der Waals surface area contributed by atoms with Gasteiger partial charge >= 0.3 is 6.18 Å². The topological polar surface area (TPSA) is 49.4 Å². The molecule has 4 nitrogen and oxygen atoms in total. The number of hydrogen-bond donors (Lipinski definition) is 1. The minimum atomic E-state index is -4.74. The fourth-order valence-electron chi connectivity index (χ4n) is 3.78. The normalized spacial score (nSPS) is 12.9. The number of benzene rings is 2. The summed E-state index contributed by atoms with van der Waals surface area (Å²) in [6.45, 7) is 11.4. The van der Waals surface area contributed by atoms with Crippen molar-refractivity contribution in [2.45, 2.75) is 66.6 Å². The van der Waals surface area contributed by atoms with Crippen LogP contribution >= 0.6 is 0 Å². The van der Waals surface area contributed by atoms with Crippen LogP contribution in [0, 0.1) is 25.1 Å². The SMILES string of the molecule is CCC[C@@H](N(NC(=O)c1ccc(C(F)(F)F)cc1F)C(=O)c1cc(C)cc(C)c1)C(C)(C)C. The zero-order chi connectivity index (χ0) is 25.1. The highest BCUT2D eigenvalue weighted by Crippen LogP contribution is 2.31. The molecule has 0 saturated carbocycles. The molecule has 1 N–H and O–H groups in total. The Kier molecular flexibility index (Phi) is 7.93. The number of carbonyl (C=O) groups is 2. The second-order valence-corrected chi connectivity index (χ2v) is 9.36. The third-order valence-electron chi connectivity index (χ3n) is 5.32. The standard InChI is InChI=1S/C25H30F4N2O2/c1-7-8-21(24(4,5)6)31(23(33)17-12-15(2)11-16(3)13-17)30-22(32)19-10-9-18(14-20(19)26)25(27,28)29/h9-14,21H,7-8H2,1-6H3,(H,30,32)/t21-/m1/s1. The predicted molar refractivity (Wildman–Crippen MR) is 119 cm³/mol. The van der Waals surface area contributed by atoms with Crippen molar-refractivity contribution in [1.29, 1.82) is 0 Å². The second kappa shape index (κ2) is 9.93. The van der Waals surface area contributed by atoms with Gasteiger partial charge in [0.15, 0.2) is 0 Å². The number of amides is 2. The summed E-state index contributed by atoms with van der Waals surface area (Å²) in [5.74, 6) is -2.79. The Morgan fingerprint density at radius 1 is 1.00 bits per heavy atom. The number of nitrogens with zero attached hydrogens (tertiary/aromatic N) is 1. The van der Waals surface area contributed by atoms with E-state index in [0.29, 0.717) is 24.5 Å². The van der Waals surface area contributed by atoms with E-state index in [9.17, 15) is 27.2 Å². The third-order valence-corrected chi connectivity index (χ3v) is 5.32. The summed E-state index contributed by atoms with van der Waals surface area (Å²) >= 11 is 0. The van der Waals surface area contributed by atoms with Crippen LogP contribution in [-0.2, 0) is 6.18 Å². The molecule has 1 atom stereocenters. The van der Waals surface area contributed by atoms with E-state index < -0.39 is 46.4 Å². The first-order chi connectivity index (χ1) is 15.1. The Labute approximate surface area is 191 Å². The van der Waals surface area contributed by atoms with Crippen LogP contribution in [0.25, 0.3) is 0 Å². The molecular formula is C25H30F4N2O2. The number of alkyl halides is 3. The van der Waals surface area contributed by atoms with Gasteiger partial charge in [0.1, 0.15) is 5.82 Å². The Balaban J connectivity index is 2.49. The molecule has 0 spiro atoms. The number of carbonyl (C=O) groups excluding carboxylic acids is 2. The van der Waals surface area contributed by atoms with Crippen LogP contribution < -0.4 is 5.43 Å². The van der Waals surface area contributed by atoms with Gasteiger partial charge in [0.05, 0.1) is 17.2 Å². The number of halogens is 4. The summed E-state index contributed by atoms with van der Waals surface area (Å²) in [5.41, 5.74) is 2.34. The third kappa shape index (κ3) is 6.55. The molecule has 2 aromatic carbocycles. The molecule has 0 aliphatic heterocycles. The summed E-state index contributed by atoms with van der Waals surface area (Å²) in [6.07, 6.45) is -3.47. The van der Waals surface area contributed by atoms with Crippen molar-refractivity contribution < 1.29 is 27.2 Å². The molecule has 2 aromatic rings. The number of hydrazine groups is 1. The molecular weight excluding hydrogens is 436 g/mol. The van der Waals surface area contributed by atoms with E-state index in [2.05, 4.69) is 5.43 Å². The van der Waals surface area contributed by atoms with Gasteiger partial charge in [-0.1, -0.05) is 51.3 Å². The van der Waals surface area contributed by atoms with E-state index in [1.165, 1.54) is 5.01 Å². The minimum Gasteiger partial charge on any atom is -0.267 e. The van der Waals surface area contributed by atoms with Gasteiger partial charge in [-0.05, 0) is 56.0 Å². The van der Waals surface area contributed by atoms with Gasteiger partial charge in [0.25, 0.3) is 11.8 Å². The number of aryl methyl sites for hydroxylation is 2. The fraction of sp³-hybridized carbons (Fsp3) is 0.440. The van der Waals surface area contributed by atoms with Gasteiger partial charge in [0, 0.05) is 5.56 Å². The second-order valence-electron chi connectivity index (χ2n) is 9.36. The molecule has 0 saturated heterocycles. The zero-order valence-corrected chi connectivity index (χ0v) is 19.7. The highest BCUT2D eigenvalue weighted by Gasteiger charge is 2.36. The van der Waals surface area contributed by atoms with E-state index in [1.54, 1.807) is 12.1 Å². The number of hydrogen-bond acceptors (Lipinski definition) is 2. The molecule has 180 valence electrons. The number of nitrogens with one attached hydrogen (secondary N) is 1. The zero-order valence-electron chi connectivity index (χ0n) is 19.7. The highest BCUT2D eigenvalue weighted by molar-refractivity contribution is 5.99. The van der Waals surface area contributed by atoms with Crippen LogP contribution in [0.4, 0.5) is 17.6 Å². The van der Waals surface area contributed by atoms with Crippen molar-refractivity contribution in [3.63, 3.8) is 0 Å². The van der Waals surface area contributed by atoms with Crippen LogP contribution in [0.1, 0.15) is 77.9 Å². The molecule has 0 unspecified atom stereocenters. The van der Waals surface area contributed by atoms with Gasteiger partial charge in [-0.25, -0.2) is 9.40 Å². The van der Waals surface area contributed by atoms with Gasteiger partial charge in [-0.15, -0.1) is 0 Å². The van der Waals surface area contributed by atoms with Crippen molar-refractivity contribution in [3.8, 4) is 0 Å². The maximum Gasteiger partial charge on any atom is 0.416 e. The van der Waals surface area contributed by atoms with Crippen molar-refractivity contribution in [1.82, 2.24) is 10.4 Å². The lowest BCUT2D eigenvalue weighted by Crippen LogP contribution is -2.56.